The molecule has 2 fully saturated rings. The van der Waals surface area contributed by atoms with Crippen LogP contribution in [0.2, 0.25) is 0 Å². The van der Waals surface area contributed by atoms with E-state index in [-0.39, 0.29) is 23.6 Å². The second-order valence-electron chi connectivity index (χ2n) is 6.80. The fourth-order valence-corrected chi connectivity index (χ4v) is 3.55. The predicted molar refractivity (Wildman–Crippen MR) is 89.4 cm³/mol. The van der Waals surface area contributed by atoms with Gasteiger partial charge in [-0.2, -0.15) is 5.10 Å². The van der Waals surface area contributed by atoms with Crippen molar-refractivity contribution in [1.82, 2.24) is 19.2 Å². The van der Waals surface area contributed by atoms with Gasteiger partial charge in [-0.05, 0) is 31.2 Å². The Balaban J connectivity index is 1.68. The lowest BCUT2D eigenvalue weighted by Gasteiger charge is -2.24. The van der Waals surface area contributed by atoms with E-state index in [4.69, 9.17) is 0 Å². The molecule has 126 valence electrons. The maximum absolute atomic E-state index is 12.6. The summed E-state index contributed by atoms with van der Waals surface area (Å²) in [5, 5.41) is 4.47. The zero-order chi connectivity index (χ0) is 16.7. The number of amides is 1. The van der Waals surface area contributed by atoms with E-state index in [1.165, 1.54) is 4.68 Å². The average Bonchev–Trinajstić information content (AvgIpc) is 3.28. The first-order chi connectivity index (χ1) is 11.6. The monoisotopic (exact) mass is 326 g/mol. The van der Waals surface area contributed by atoms with E-state index in [1.807, 2.05) is 35.2 Å². The fourth-order valence-electron chi connectivity index (χ4n) is 3.55. The van der Waals surface area contributed by atoms with Gasteiger partial charge in [-0.15, -0.1) is 0 Å². The Bertz CT molecular complexity index is 804. The van der Waals surface area contributed by atoms with Gasteiger partial charge in [-0.25, -0.2) is 9.48 Å². The first-order valence-electron chi connectivity index (χ1n) is 8.63. The van der Waals surface area contributed by atoms with Crippen molar-refractivity contribution < 1.29 is 4.79 Å². The van der Waals surface area contributed by atoms with Gasteiger partial charge in [0.1, 0.15) is 0 Å². The summed E-state index contributed by atoms with van der Waals surface area (Å²) in [6.45, 7) is 1.26. The smallest absolute Gasteiger partial charge is 0.332 e. The van der Waals surface area contributed by atoms with Gasteiger partial charge in [0.25, 0.3) is 0 Å². The molecule has 0 radical (unpaired) electrons. The van der Waals surface area contributed by atoms with Crippen molar-refractivity contribution in [3.05, 3.63) is 52.2 Å². The maximum Gasteiger partial charge on any atom is 0.346 e. The van der Waals surface area contributed by atoms with Gasteiger partial charge >= 0.3 is 5.69 Å². The summed E-state index contributed by atoms with van der Waals surface area (Å²) in [5.41, 5.74) is 0.937. The molecule has 1 aromatic carbocycles. The summed E-state index contributed by atoms with van der Waals surface area (Å²) in [6.07, 6.45) is 3.85. The van der Waals surface area contributed by atoms with Gasteiger partial charge in [-0.1, -0.05) is 30.3 Å². The topological polar surface area (TPSA) is 60.1 Å². The molecule has 1 unspecified atom stereocenters. The van der Waals surface area contributed by atoms with Gasteiger partial charge in [0, 0.05) is 19.5 Å². The number of aryl methyl sites for hydroxylation is 1. The van der Waals surface area contributed by atoms with Crippen LogP contribution in [0.15, 0.2) is 35.1 Å². The highest BCUT2D eigenvalue weighted by molar-refractivity contribution is 5.81. The lowest BCUT2D eigenvalue weighted by molar-refractivity contribution is -0.133. The Morgan fingerprint density at radius 2 is 1.96 bits per heavy atom. The Morgan fingerprint density at radius 3 is 2.67 bits per heavy atom. The number of likely N-dealkylation sites (tertiary alicyclic amines) is 1. The summed E-state index contributed by atoms with van der Waals surface area (Å²) in [6, 6.07) is 9.83. The van der Waals surface area contributed by atoms with Crippen molar-refractivity contribution in [2.24, 2.45) is 13.0 Å². The molecule has 2 aliphatic rings. The van der Waals surface area contributed by atoms with Crippen molar-refractivity contribution >= 4 is 5.91 Å². The lowest BCUT2D eigenvalue weighted by Crippen LogP contribution is -2.34. The predicted octanol–water partition coefficient (Wildman–Crippen LogP) is 1.70. The molecule has 1 aromatic heterocycles. The second kappa shape index (κ2) is 5.92. The Kier molecular flexibility index (Phi) is 3.75. The second-order valence-corrected chi connectivity index (χ2v) is 6.80. The van der Waals surface area contributed by atoms with Crippen LogP contribution in [0, 0.1) is 5.92 Å². The van der Waals surface area contributed by atoms with E-state index < -0.39 is 0 Å². The van der Waals surface area contributed by atoms with Crippen LogP contribution in [0.25, 0.3) is 0 Å². The van der Waals surface area contributed by atoms with E-state index in [1.54, 1.807) is 11.6 Å². The minimum Gasteiger partial charge on any atom is -0.332 e. The fraction of sp³-hybridized carbons (Fsp3) is 0.500. The van der Waals surface area contributed by atoms with E-state index in [2.05, 4.69) is 5.10 Å². The van der Waals surface area contributed by atoms with Gasteiger partial charge in [0.05, 0.1) is 12.6 Å². The quantitative estimate of drug-likeness (QED) is 0.859. The van der Waals surface area contributed by atoms with Gasteiger partial charge in [0.2, 0.25) is 5.91 Å². The number of hydrogen-bond acceptors (Lipinski definition) is 3. The molecule has 4 rings (SSSR count). The third kappa shape index (κ3) is 2.66. The van der Waals surface area contributed by atoms with Crippen molar-refractivity contribution in [2.75, 3.05) is 6.54 Å². The highest BCUT2D eigenvalue weighted by atomic mass is 16.2. The van der Waals surface area contributed by atoms with Crippen LogP contribution < -0.4 is 5.69 Å². The molecule has 24 heavy (non-hydrogen) atoms. The molecule has 1 saturated carbocycles. The molecule has 1 atom stereocenters. The standard InChI is InChI=1S/C18H22N4O2/c1-20-18(24)22(12-13-6-3-2-4-7-13)16(19-20)15-8-5-11-21(15)17(23)14-9-10-14/h2-4,6-7,14-15H,5,8-12H2,1H3. The van der Waals surface area contributed by atoms with Crippen LogP contribution in [0.5, 0.6) is 0 Å². The van der Waals surface area contributed by atoms with Crippen LogP contribution in [0.1, 0.15) is 43.1 Å². The third-order valence-corrected chi connectivity index (χ3v) is 4.98. The normalized spacial score (nSPS) is 20.5. The summed E-state index contributed by atoms with van der Waals surface area (Å²) < 4.78 is 3.11. The number of nitrogens with zero attached hydrogens (tertiary/aromatic N) is 4. The number of aromatic nitrogens is 3. The van der Waals surface area contributed by atoms with E-state index in [0.717, 1.165) is 43.6 Å². The van der Waals surface area contributed by atoms with Crippen LogP contribution in [0.3, 0.4) is 0 Å². The number of carbonyl (C=O) groups excluding carboxylic acids is 1. The Morgan fingerprint density at radius 1 is 1.21 bits per heavy atom. The zero-order valence-electron chi connectivity index (χ0n) is 13.9. The summed E-state index contributed by atoms with van der Waals surface area (Å²) in [4.78, 5) is 27.0. The van der Waals surface area contributed by atoms with E-state index in [0.29, 0.717) is 6.54 Å². The summed E-state index contributed by atoms with van der Waals surface area (Å²) in [7, 11) is 1.68. The molecule has 1 aliphatic carbocycles. The Hall–Kier alpha value is -2.37. The van der Waals surface area contributed by atoms with Crippen LogP contribution in [-0.4, -0.2) is 31.7 Å². The molecular weight excluding hydrogens is 304 g/mol. The Labute approximate surface area is 140 Å². The van der Waals surface area contributed by atoms with Crippen molar-refractivity contribution in [3.8, 4) is 0 Å². The van der Waals surface area contributed by atoms with Crippen molar-refractivity contribution in [2.45, 2.75) is 38.3 Å². The molecular formula is C18H22N4O2. The maximum atomic E-state index is 12.6. The van der Waals surface area contributed by atoms with E-state index >= 15 is 0 Å². The SMILES string of the molecule is Cn1nc(C2CCCN2C(=O)C2CC2)n(Cc2ccccc2)c1=O. The average molecular weight is 326 g/mol. The lowest BCUT2D eigenvalue weighted by atomic mass is 10.1. The molecule has 0 N–H and O–H groups in total. The van der Waals surface area contributed by atoms with Crippen LogP contribution >= 0.6 is 0 Å². The summed E-state index contributed by atoms with van der Waals surface area (Å²) in [5.74, 6) is 1.16. The first kappa shape index (κ1) is 15.2. The number of hydrogen-bond donors (Lipinski definition) is 0. The molecule has 2 heterocycles. The molecule has 1 aliphatic heterocycles. The van der Waals surface area contributed by atoms with Crippen molar-refractivity contribution in [1.29, 1.82) is 0 Å². The zero-order valence-corrected chi connectivity index (χ0v) is 13.9. The molecule has 1 amide bonds. The highest BCUT2D eigenvalue weighted by Crippen LogP contribution is 2.38. The van der Waals surface area contributed by atoms with Crippen LogP contribution in [0.4, 0.5) is 0 Å². The molecule has 0 spiro atoms. The van der Waals surface area contributed by atoms with Gasteiger partial charge in [0.15, 0.2) is 5.82 Å². The van der Waals surface area contributed by atoms with Crippen LogP contribution in [-0.2, 0) is 18.4 Å². The molecule has 6 nitrogen and oxygen atoms in total. The molecule has 1 saturated heterocycles. The molecule has 6 heteroatoms. The van der Waals surface area contributed by atoms with Gasteiger partial charge in [-0.3, -0.25) is 9.36 Å². The minimum atomic E-state index is -0.125. The molecule has 0 bridgehead atoms. The first-order valence-corrected chi connectivity index (χ1v) is 8.63. The number of rotatable bonds is 4. The minimum absolute atomic E-state index is 0.0734. The van der Waals surface area contributed by atoms with E-state index in [9.17, 15) is 9.59 Å². The third-order valence-electron chi connectivity index (χ3n) is 4.98. The molecule has 2 aromatic rings. The highest BCUT2D eigenvalue weighted by Gasteiger charge is 2.40. The summed E-state index contributed by atoms with van der Waals surface area (Å²) >= 11 is 0. The number of benzene rings is 1. The number of carbonyl (C=O) groups is 1. The van der Waals surface area contributed by atoms with Gasteiger partial charge < -0.3 is 4.90 Å². The largest absolute Gasteiger partial charge is 0.346 e. The van der Waals surface area contributed by atoms with Crippen molar-refractivity contribution in [3.63, 3.8) is 0 Å².